The van der Waals surface area contributed by atoms with E-state index in [-0.39, 0.29) is 29.5 Å². The molecule has 0 saturated heterocycles. The quantitative estimate of drug-likeness (QED) is 0.580. The standard InChI is InChI=1S/C15H23N3O5/c1-5-6-16(9-11(4)19)15-13(17(20)21)7-12(10(2)3)8-14(15)18(22)23/h7-8,10-11,19H,5-6,9H2,1-4H3. The van der Waals surface area contributed by atoms with Gasteiger partial charge in [0.2, 0.25) is 0 Å². The van der Waals surface area contributed by atoms with Gasteiger partial charge in [-0.1, -0.05) is 20.8 Å². The third-order valence-corrected chi connectivity index (χ3v) is 3.45. The summed E-state index contributed by atoms with van der Waals surface area (Å²) in [6.45, 7) is 7.53. The molecule has 8 nitrogen and oxygen atoms in total. The van der Waals surface area contributed by atoms with Crippen molar-refractivity contribution in [1.29, 1.82) is 0 Å². The average Bonchev–Trinajstić information content (AvgIpc) is 2.44. The van der Waals surface area contributed by atoms with Crippen molar-refractivity contribution in [2.45, 2.75) is 46.1 Å². The Kier molecular flexibility index (Phi) is 6.44. The third kappa shape index (κ3) is 4.62. The molecule has 23 heavy (non-hydrogen) atoms. The van der Waals surface area contributed by atoms with Gasteiger partial charge in [-0.25, -0.2) is 0 Å². The normalized spacial score (nSPS) is 12.3. The van der Waals surface area contributed by atoms with Crippen LogP contribution in [-0.2, 0) is 0 Å². The highest BCUT2D eigenvalue weighted by molar-refractivity contribution is 5.76. The van der Waals surface area contributed by atoms with Crippen molar-refractivity contribution in [3.8, 4) is 0 Å². The summed E-state index contributed by atoms with van der Waals surface area (Å²) in [5.74, 6) is -0.0714. The van der Waals surface area contributed by atoms with E-state index >= 15 is 0 Å². The fraction of sp³-hybridized carbons (Fsp3) is 0.600. The highest BCUT2D eigenvalue weighted by atomic mass is 16.6. The van der Waals surface area contributed by atoms with Crippen LogP contribution in [0.2, 0.25) is 0 Å². The van der Waals surface area contributed by atoms with E-state index in [1.807, 2.05) is 20.8 Å². The molecule has 0 heterocycles. The van der Waals surface area contributed by atoms with Crippen LogP contribution in [0.3, 0.4) is 0 Å². The minimum absolute atomic E-state index is 0.0350. The topological polar surface area (TPSA) is 110 Å². The number of aliphatic hydroxyl groups excluding tert-OH is 1. The van der Waals surface area contributed by atoms with E-state index in [1.54, 1.807) is 6.92 Å². The summed E-state index contributed by atoms with van der Waals surface area (Å²) in [6, 6.07) is 2.77. The first-order valence-electron chi connectivity index (χ1n) is 7.58. The van der Waals surface area contributed by atoms with Crippen molar-refractivity contribution in [2.24, 2.45) is 0 Å². The highest BCUT2D eigenvalue weighted by Crippen LogP contribution is 2.40. The van der Waals surface area contributed by atoms with Crippen molar-refractivity contribution in [1.82, 2.24) is 0 Å². The molecule has 1 aromatic carbocycles. The first-order chi connectivity index (χ1) is 10.7. The van der Waals surface area contributed by atoms with Crippen LogP contribution < -0.4 is 4.90 Å². The van der Waals surface area contributed by atoms with Gasteiger partial charge in [0.15, 0.2) is 5.69 Å². The van der Waals surface area contributed by atoms with Gasteiger partial charge in [-0.15, -0.1) is 0 Å². The zero-order chi connectivity index (χ0) is 17.7. The molecule has 0 radical (unpaired) electrons. The number of hydrogen-bond acceptors (Lipinski definition) is 6. The predicted octanol–water partition coefficient (Wildman–Crippen LogP) is 3.22. The van der Waals surface area contributed by atoms with Crippen molar-refractivity contribution in [3.05, 3.63) is 37.9 Å². The summed E-state index contributed by atoms with van der Waals surface area (Å²) in [7, 11) is 0. The van der Waals surface area contributed by atoms with Crippen LogP contribution in [0, 0.1) is 20.2 Å². The summed E-state index contributed by atoms with van der Waals surface area (Å²) in [4.78, 5) is 23.2. The highest BCUT2D eigenvalue weighted by Gasteiger charge is 2.31. The number of nitro benzene ring substituents is 2. The smallest absolute Gasteiger partial charge is 0.299 e. The minimum atomic E-state index is -0.759. The van der Waals surface area contributed by atoms with Crippen molar-refractivity contribution < 1.29 is 15.0 Å². The van der Waals surface area contributed by atoms with Crippen LogP contribution >= 0.6 is 0 Å². The Hall–Kier alpha value is -2.22. The molecule has 1 atom stereocenters. The summed E-state index contributed by atoms with van der Waals surface area (Å²) in [5, 5.41) is 32.6. The zero-order valence-electron chi connectivity index (χ0n) is 13.9. The van der Waals surface area contributed by atoms with Gasteiger partial charge in [0.25, 0.3) is 11.4 Å². The second-order valence-corrected chi connectivity index (χ2v) is 5.87. The van der Waals surface area contributed by atoms with Gasteiger partial charge in [0, 0.05) is 25.2 Å². The van der Waals surface area contributed by atoms with Gasteiger partial charge in [-0.05, 0) is 24.8 Å². The van der Waals surface area contributed by atoms with Crippen molar-refractivity contribution in [2.75, 3.05) is 18.0 Å². The Labute approximate surface area is 135 Å². The van der Waals surface area contributed by atoms with Gasteiger partial charge < -0.3 is 10.0 Å². The van der Waals surface area contributed by atoms with E-state index in [0.717, 1.165) is 0 Å². The maximum Gasteiger partial charge on any atom is 0.299 e. The van der Waals surface area contributed by atoms with Crippen LogP contribution in [0.1, 0.15) is 45.6 Å². The lowest BCUT2D eigenvalue weighted by Crippen LogP contribution is -2.32. The van der Waals surface area contributed by atoms with Crippen molar-refractivity contribution in [3.63, 3.8) is 0 Å². The number of anilines is 1. The van der Waals surface area contributed by atoms with Crippen LogP contribution in [0.15, 0.2) is 12.1 Å². The Morgan fingerprint density at radius 3 is 1.91 bits per heavy atom. The fourth-order valence-corrected chi connectivity index (χ4v) is 2.44. The number of hydrogen-bond donors (Lipinski definition) is 1. The zero-order valence-corrected chi connectivity index (χ0v) is 13.9. The molecule has 0 aliphatic rings. The Morgan fingerprint density at radius 1 is 1.13 bits per heavy atom. The second kappa shape index (κ2) is 7.87. The molecular formula is C15H23N3O5. The number of rotatable bonds is 8. The summed E-state index contributed by atoms with van der Waals surface area (Å²) >= 11 is 0. The average molecular weight is 325 g/mol. The van der Waals surface area contributed by atoms with Gasteiger partial charge in [-0.2, -0.15) is 0 Å². The molecule has 128 valence electrons. The molecule has 8 heteroatoms. The van der Waals surface area contributed by atoms with Crippen LogP contribution in [0.25, 0.3) is 0 Å². The molecule has 0 aliphatic carbocycles. The lowest BCUT2D eigenvalue weighted by Gasteiger charge is -2.25. The van der Waals surface area contributed by atoms with Crippen LogP contribution in [-0.4, -0.2) is 34.1 Å². The molecule has 0 amide bonds. The molecule has 1 unspecified atom stereocenters. The minimum Gasteiger partial charge on any atom is -0.392 e. The van der Waals surface area contributed by atoms with E-state index in [9.17, 15) is 25.3 Å². The van der Waals surface area contributed by atoms with Crippen LogP contribution in [0.4, 0.5) is 17.1 Å². The first-order valence-corrected chi connectivity index (χ1v) is 7.58. The lowest BCUT2D eigenvalue weighted by atomic mass is 10.00. The van der Waals surface area contributed by atoms with Gasteiger partial charge >= 0.3 is 0 Å². The predicted molar refractivity (Wildman–Crippen MR) is 88.0 cm³/mol. The number of nitrogens with zero attached hydrogens (tertiary/aromatic N) is 3. The molecule has 1 rings (SSSR count). The number of benzene rings is 1. The molecule has 1 aromatic rings. The van der Waals surface area contributed by atoms with E-state index in [2.05, 4.69) is 0 Å². The van der Waals surface area contributed by atoms with E-state index in [0.29, 0.717) is 18.5 Å². The molecule has 0 aliphatic heterocycles. The van der Waals surface area contributed by atoms with Crippen LogP contribution in [0.5, 0.6) is 0 Å². The fourth-order valence-electron chi connectivity index (χ4n) is 2.44. The molecule has 0 saturated carbocycles. The summed E-state index contributed by atoms with van der Waals surface area (Å²) in [5.41, 5.74) is -0.0817. The van der Waals surface area contributed by atoms with Gasteiger partial charge in [0.1, 0.15) is 0 Å². The summed E-state index contributed by atoms with van der Waals surface area (Å²) < 4.78 is 0. The molecule has 0 bridgehead atoms. The Balaban J connectivity index is 3.63. The second-order valence-electron chi connectivity index (χ2n) is 5.87. The first kappa shape index (κ1) is 18.8. The molecule has 0 fully saturated rings. The maximum absolute atomic E-state index is 11.5. The number of nitro groups is 2. The SMILES string of the molecule is CCCN(CC(C)O)c1c([N+](=O)[O-])cc(C(C)C)cc1[N+](=O)[O-]. The Bertz CT molecular complexity index is 551. The Morgan fingerprint density at radius 2 is 1.61 bits per heavy atom. The molecule has 1 N–H and O–H groups in total. The summed E-state index contributed by atoms with van der Waals surface area (Å²) in [6.07, 6.45) is -0.113. The van der Waals surface area contributed by atoms with E-state index in [1.165, 1.54) is 17.0 Å². The third-order valence-electron chi connectivity index (χ3n) is 3.45. The van der Waals surface area contributed by atoms with Gasteiger partial charge in [0.05, 0.1) is 16.0 Å². The molecular weight excluding hydrogens is 302 g/mol. The van der Waals surface area contributed by atoms with E-state index in [4.69, 9.17) is 0 Å². The monoisotopic (exact) mass is 325 g/mol. The van der Waals surface area contributed by atoms with Crippen molar-refractivity contribution >= 4 is 17.1 Å². The molecule has 0 aromatic heterocycles. The van der Waals surface area contributed by atoms with Gasteiger partial charge in [-0.3, -0.25) is 20.2 Å². The maximum atomic E-state index is 11.5. The van der Waals surface area contributed by atoms with E-state index < -0.39 is 16.0 Å². The largest absolute Gasteiger partial charge is 0.392 e. The molecule has 0 spiro atoms. The lowest BCUT2D eigenvalue weighted by molar-refractivity contribution is -0.392. The number of aliphatic hydroxyl groups is 1.